The van der Waals surface area contributed by atoms with Crippen molar-refractivity contribution in [1.82, 2.24) is 0 Å². The van der Waals surface area contributed by atoms with Gasteiger partial charge in [0.25, 0.3) is 0 Å². The van der Waals surface area contributed by atoms with Crippen molar-refractivity contribution in [2.45, 2.75) is 18.7 Å². The quantitative estimate of drug-likeness (QED) is 0.775. The molecule has 18 heavy (non-hydrogen) atoms. The van der Waals surface area contributed by atoms with Gasteiger partial charge in [0.15, 0.2) is 0 Å². The highest BCUT2D eigenvalue weighted by Gasteiger charge is 2.66. The van der Waals surface area contributed by atoms with Crippen molar-refractivity contribution in [3.05, 3.63) is 71.8 Å². The Hall–Kier alpha value is -2.07. The first-order valence-electron chi connectivity index (χ1n) is 7.50. The lowest BCUT2D eigenvalue weighted by Gasteiger charge is -2.20. The molecule has 0 spiro atoms. The molecule has 0 radical (unpaired) electrons. The van der Waals surface area contributed by atoms with Crippen LogP contribution in [0, 0.1) is 16.7 Å². The highest BCUT2D eigenvalue weighted by atomic mass is 14.7. The second kappa shape index (κ2) is 3.71. The summed E-state index contributed by atoms with van der Waals surface area (Å²) in [6.07, 6.45) is 0.334. The van der Waals surface area contributed by atoms with Crippen molar-refractivity contribution in [2.75, 3.05) is 0 Å². The maximum absolute atomic E-state index is 9.64. The van der Waals surface area contributed by atoms with Gasteiger partial charge in [-0.3, -0.25) is 0 Å². The molecule has 0 aromatic heterocycles. The first-order valence-corrected chi connectivity index (χ1v) is 6.00. The van der Waals surface area contributed by atoms with E-state index >= 15 is 0 Å². The van der Waals surface area contributed by atoms with Crippen LogP contribution < -0.4 is 0 Å². The summed E-state index contributed by atoms with van der Waals surface area (Å²) in [6, 6.07) is 21.1. The van der Waals surface area contributed by atoms with E-state index in [0.29, 0.717) is 6.42 Å². The smallest absolute Gasteiger partial charge is 0.0700 e. The molecule has 2 aromatic carbocycles. The lowest BCUT2D eigenvalue weighted by molar-refractivity contribution is 0.633. The van der Waals surface area contributed by atoms with Crippen LogP contribution in [0.3, 0.4) is 0 Å². The van der Waals surface area contributed by atoms with E-state index in [0.717, 1.165) is 11.1 Å². The molecule has 1 fully saturated rings. The van der Waals surface area contributed by atoms with Gasteiger partial charge in [0.05, 0.1) is 11.5 Å². The normalized spacial score (nSPS) is 27.4. The number of nitriles is 1. The third-order valence-electron chi connectivity index (χ3n) is 3.86. The van der Waals surface area contributed by atoms with Gasteiger partial charge in [-0.15, -0.1) is 0 Å². The van der Waals surface area contributed by atoms with Gasteiger partial charge in [-0.2, -0.15) is 5.26 Å². The zero-order valence-corrected chi connectivity index (χ0v) is 9.93. The third-order valence-corrected chi connectivity index (χ3v) is 3.86. The fourth-order valence-corrected chi connectivity index (χ4v) is 2.80. The Morgan fingerprint density at radius 3 is 1.83 bits per heavy atom. The highest BCUT2D eigenvalue weighted by molar-refractivity contribution is 5.53. The number of hydrogen-bond acceptors (Lipinski definition) is 1. The lowest BCUT2D eigenvalue weighted by atomic mass is 9.81. The van der Waals surface area contributed by atoms with E-state index in [1.807, 2.05) is 60.7 Å². The molecule has 0 N–H and O–H groups in total. The Morgan fingerprint density at radius 2 is 1.50 bits per heavy atom. The van der Waals surface area contributed by atoms with Gasteiger partial charge in [-0.25, -0.2) is 0 Å². The van der Waals surface area contributed by atoms with Crippen molar-refractivity contribution < 1.29 is 4.11 Å². The van der Waals surface area contributed by atoms with Crippen LogP contribution in [0.4, 0.5) is 0 Å². The van der Waals surface area contributed by atoms with E-state index in [-0.39, 0.29) is 0 Å². The number of nitrogens with zero attached hydrogens (tertiary/aromatic N) is 1. The Bertz CT molecular complexity index is 646. The summed E-state index contributed by atoms with van der Waals surface area (Å²) in [7, 11) is 0. The molecule has 1 aliphatic rings. The highest BCUT2D eigenvalue weighted by Crippen LogP contribution is 2.67. The molecule has 0 unspecified atom stereocenters. The molecule has 0 bridgehead atoms. The fourth-order valence-electron chi connectivity index (χ4n) is 2.80. The van der Waals surface area contributed by atoms with Crippen molar-refractivity contribution >= 4 is 0 Å². The number of hydrogen-bond donors (Lipinski definition) is 0. The summed E-state index contributed by atoms with van der Waals surface area (Å²) in [5.41, 5.74) is -0.291. The molecule has 2 aromatic rings. The molecular formula is C17H15N. The average molecular weight is 236 g/mol. The summed E-state index contributed by atoms with van der Waals surface area (Å²) in [5, 5.41) is 9.64. The second-order valence-corrected chi connectivity index (χ2v) is 4.83. The van der Waals surface area contributed by atoms with Crippen LogP contribution in [0.5, 0.6) is 0 Å². The molecule has 0 heterocycles. The molecule has 1 heteroatoms. The topological polar surface area (TPSA) is 23.8 Å². The minimum absolute atomic E-state index is 0.334. The standard InChI is InChI=1S/C17H15N/c1-16(13-18)12-17(16,14-8-4-2-5-9-14)15-10-6-3-7-11-15/h2-11H,12H2,1H3/t16-/m0/s1/i1D3. The molecule has 1 saturated carbocycles. The Balaban J connectivity index is 2.24. The van der Waals surface area contributed by atoms with Crippen LogP contribution in [0.2, 0.25) is 0 Å². The molecule has 0 saturated heterocycles. The monoisotopic (exact) mass is 236 g/mol. The predicted octanol–water partition coefficient (Wildman–Crippen LogP) is 3.91. The SMILES string of the molecule is [2H]C([2H])([2H])[C@@]1(C#N)CC1(c1ccccc1)c1ccccc1. The maximum Gasteiger partial charge on any atom is 0.0700 e. The van der Waals surface area contributed by atoms with Crippen LogP contribution in [0.25, 0.3) is 0 Å². The molecule has 1 nitrogen and oxygen atoms in total. The average Bonchev–Trinajstić information content (AvgIpc) is 3.21. The summed E-state index contributed by atoms with van der Waals surface area (Å²) < 4.78 is 23.6. The second-order valence-electron chi connectivity index (χ2n) is 4.83. The fraction of sp³-hybridized carbons (Fsp3) is 0.235. The predicted molar refractivity (Wildman–Crippen MR) is 72.0 cm³/mol. The molecule has 88 valence electrons. The van der Waals surface area contributed by atoms with Gasteiger partial charge in [-0.05, 0) is 24.4 Å². The minimum Gasteiger partial charge on any atom is -0.198 e. The van der Waals surface area contributed by atoms with Crippen molar-refractivity contribution in [3.63, 3.8) is 0 Å². The van der Waals surface area contributed by atoms with E-state index in [2.05, 4.69) is 6.07 Å². The van der Waals surface area contributed by atoms with E-state index in [1.54, 1.807) is 0 Å². The van der Waals surface area contributed by atoms with Crippen LogP contribution in [0.15, 0.2) is 60.7 Å². The van der Waals surface area contributed by atoms with E-state index in [4.69, 9.17) is 4.11 Å². The largest absolute Gasteiger partial charge is 0.198 e. The van der Waals surface area contributed by atoms with Crippen molar-refractivity contribution in [3.8, 4) is 6.07 Å². The van der Waals surface area contributed by atoms with E-state index in [9.17, 15) is 5.26 Å². The van der Waals surface area contributed by atoms with E-state index < -0.39 is 17.7 Å². The summed E-state index contributed by atoms with van der Waals surface area (Å²) in [6.45, 7) is -2.31. The lowest BCUT2D eigenvalue weighted by Crippen LogP contribution is -2.17. The third kappa shape index (κ3) is 1.32. The summed E-state index contributed by atoms with van der Waals surface area (Å²) >= 11 is 0. The first-order chi connectivity index (χ1) is 9.98. The Morgan fingerprint density at radius 1 is 1.00 bits per heavy atom. The van der Waals surface area contributed by atoms with Gasteiger partial charge in [0.1, 0.15) is 0 Å². The Labute approximate surface area is 112 Å². The summed E-state index contributed by atoms with van der Waals surface area (Å²) in [4.78, 5) is 0. The van der Waals surface area contributed by atoms with Crippen molar-refractivity contribution in [1.29, 1.82) is 5.26 Å². The van der Waals surface area contributed by atoms with E-state index in [1.165, 1.54) is 0 Å². The van der Waals surface area contributed by atoms with Crippen LogP contribution in [-0.2, 0) is 5.41 Å². The van der Waals surface area contributed by atoms with Gasteiger partial charge < -0.3 is 0 Å². The zero-order chi connectivity index (χ0) is 15.1. The molecule has 0 amide bonds. The zero-order valence-electron chi connectivity index (χ0n) is 12.9. The molecule has 0 aliphatic heterocycles. The van der Waals surface area contributed by atoms with Gasteiger partial charge in [-0.1, -0.05) is 60.7 Å². The number of benzene rings is 2. The maximum atomic E-state index is 9.64. The Kier molecular flexibility index (Phi) is 1.67. The molecule has 1 aliphatic carbocycles. The van der Waals surface area contributed by atoms with Crippen LogP contribution in [-0.4, -0.2) is 0 Å². The van der Waals surface area contributed by atoms with Gasteiger partial charge >= 0.3 is 0 Å². The van der Waals surface area contributed by atoms with Crippen LogP contribution >= 0.6 is 0 Å². The number of rotatable bonds is 2. The first kappa shape index (κ1) is 8.11. The van der Waals surface area contributed by atoms with Gasteiger partial charge in [0.2, 0.25) is 0 Å². The summed E-state index contributed by atoms with van der Waals surface area (Å²) in [5.74, 6) is 0. The minimum atomic E-state index is -2.31. The molecule has 3 rings (SSSR count). The molecule has 1 atom stereocenters. The molecular weight excluding hydrogens is 218 g/mol. The van der Waals surface area contributed by atoms with Crippen molar-refractivity contribution in [2.24, 2.45) is 5.41 Å². The van der Waals surface area contributed by atoms with Crippen LogP contribution in [0.1, 0.15) is 28.5 Å². The van der Waals surface area contributed by atoms with Gasteiger partial charge in [0, 0.05) is 9.53 Å².